The highest BCUT2D eigenvalue weighted by Crippen LogP contribution is 2.32. The lowest BCUT2D eigenvalue weighted by molar-refractivity contribution is -0.134. The second-order valence-corrected chi connectivity index (χ2v) is 12.9. The summed E-state index contributed by atoms with van der Waals surface area (Å²) < 4.78 is 38.8. The predicted molar refractivity (Wildman–Crippen MR) is 152 cm³/mol. The highest BCUT2D eigenvalue weighted by molar-refractivity contribution is 7.92. The lowest BCUT2D eigenvalue weighted by atomic mass is 9.94. The summed E-state index contributed by atoms with van der Waals surface area (Å²) in [5.41, 5.74) is 1.89. The van der Waals surface area contributed by atoms with Gasteiger partial charge in [-0.25, -0.2) is 8.42 Å². The summed E-state index contributed by atoms with van der Waals surface area (Å²) in [5, 5.41) is 3.19. The molecule has 10 nitrogen and oxygen atoms in total. The lowest BCUT2D eigenvalue weighted by Gasteiger charge is -2.42. The molecule has 4 atom stereocenters. The van der Waals surface area contributed by atoms with Crippen LogP contribution in [0.3, 0.4) is 0 Å². The van der Waals surface area contributed by atoms with Gasteiger partial charge in [0, 0.05) is 38.4 Å². The molecule has 216 valence electrons. The number of hydrogen-bond acceptors (Lipinski definition) is 7. The van der Waals surface area contributed by atoms with Gasteiger partial charge in [0.05, 0.1) is 29.9 Å². The van der Waals surface area contributed by atoms with E-state index in [0.717, 1.165) is 26.1 Å². The van der Waals surface area contributed by atoms with Gasteiger partial charge >= 0.3 is 0 Å². The Morgan fingerprint density at radius 1 is 1.10 bits per heavy atom. The van der Waals surface area contributed by atoms with Crippen molar-refractivity contribution in [3.63, 3.8) is 0 Å². The van der Waals surface area contributed by atoms with Gasteiger partial charge in [-0.05, 0) is 49.9 Å². The van der Waals surface area contributed by atoms with Crippen molar-refractivity contribution in [3.05, 3.63) is 59.7 Å². The standard InChI is InChI=1S/C29H38N4O6S/c1-3-40(36,37)31-21-9-12-26-24(15-21)29(35)32(2)25-11-10-23(39-27(25)19-38-26)16-28(34)30-22-13-14-33(18-22)17-20-7-5-4-6-8-20/h4-9,12,15,22-23,25,27,31H,3,10-11,13-14,16-19H2,1-2H3,(H,30,34)/t22-,23+,25-,27-/m0/s1. The van der Waals surface area contributed by atoms with Crippen molar-refractivity contribution in [2.75, 3.05) is 37.2 Å². The summed E-state index contributed by atoms with van der Waals surface area (Å²) >= 11 is 0. The SMILES string of the molecule is CCS(=O)(=O)Nc1ccc2c(c1)C(=O)N(C)[C@H]1CC[C@H](CC(=O)N[C@H]3CCN(Cc4ccccc4)C3)O[C@H]1CO2. The van der Waals surface area contributed by atoms with Crippen LogP contribution in [0.15, 0.2) is 48.5 Å². The van der Waals surface area contributed by atoms with Crippen LogP contribution in [-0.4, -0.2) is 86.8 Å². The number of benzene rings is 2. The molecule has 3 aliphatic heterocycles. The Labute approximate surface area is 236 Å². The number of carbonyl (C=O) groups is 2. The number of fused-ring (bicyclic) bond motifs is 2. The first-order valence-electron chi connectivity index (χ1n) is 14.0. The number of nitrogens with zero attached hydrogens (tertiary/aromatic N) is 2. The number of rotatable bonds is 8. The van der Waals surface area contributed by atoms with Crippen LogP contribution < -0.4 is 14.8 Å². The molecule has 2 amide bonds. The number of sulfonamides is 1. The van der Waals surface area contributed by atoms with Crippen molar-refractivity contribution >= 4 is 27.5 Å². The van der Waals surface area contributed by atoms with Crippen LogP contribution in [0.25, 0.3) is 0 Å². The summed E-state index contributed by atoms with van der Waals surface area (Å²) in [4.78, 5) is 30.3. The topological polar surface area (TPSA) is 117 Å². The Morgan fingerprint density at radius 3 is 2.67 bits per heavy atom. The van der Waals surface area contributed by atoms with Gasteiger partial charge in [0.1, 0.15) is 18.5 Å². The maximum Gasteiger partial charge on any atom is 0.257 e. The predicted octanol–water partition coefficient (Wildman–Crippen LogP) is 2.61. The minimum atomic E-state index is -3.48. The van der Waals surface area contributed by atoms with Gasteiger partial charge in [0.15, 0.2) is 0 Å². The zero-order chi connectivity index (χ0) is 28.3. The lowest BCUT2D eigenvalue weighted by Crippen LogP contribution is -2.54. The molecule has 0 unspecified atom stereocenters. The van der Waals surface area contributed by atoms with Crippen molar-refractivity contribution in [2.45, 2.75) is 63.4 Å². The molecule has 3 heterocycles. The Bertz CT molecular complexity index is 1320. The number of ether oxygens (including phenoxy) is 2. The summed E-state index contributed by atoms with van der Waals surface area (Å²) in [6.07, 6.45) is 1.91. The Hall–Kier alpha value is -3.15. The van der Waals surface area contributed by atoms with Crippen LogP contribution in [0.5, 0.6) is 5.75 Å². The highest BCUT2D eigenvalue weighted by Gasteiger charge is 2.39. The summed E-state index contributed by atoms with van der Waals surface area (Å²) in [7, 11) is -1.74. The molecule has 0 radical (unpaired) electrons. The van der Waals surface area contributed by atoms with Crippen LogP contribution >= 0.6 is 0 Å². The minimum absolute atomic E-state index is 0.0152. The highest BCUT2D eigenvalue weighted by atomic mass is 32.2. The number of carbonyl (C=O) groups excluding carboxylic acids is 2. The van der Waals surface area contributed by atoms with E-state index in [1.165, 1.54) is 11.6 Å². The van der Waals surface area contributed by atoms with Crippen molar-refractivity contribution < 1.29 is 27.5 Å². The van der Waals surface area contributed by atoms with E-state index in [-0.39, 0.29) is 54.9 Å². The average Bonchev–Trinajstić information content (AvgIpc) is 3.37. The molecule has 3 aliphatic rings. The van der Waals surface area contributed by atoms with E-state index in [4.69, 9.17) is 9.47 Å². The first-order chi connectivity index (χ1) is 19.2. The van der Waals surface area contributed by atoms with Crippen LogP contribution in [0.1, 0.15) is 48.5 Å². The normalized spacial score (nSPS) is 25.2. The van der Waals surface area contributed by atoms with Gasteiger partial charge in [0.25, 0.3) is 5.91 Å². The number of likely N-dealkylation sites (N-methyl/N-ethyl adjacent to an activating group) is 1. The second kappa shape index (κ2) is 12.2. The third kappa shape index (κ3) is 6.76. The van der Waals surface area contributed by atoms with Crippen molar-refractivity contribution in [3.8, 4) is 5.75 Å². The molecule has 2 saturated heterocycles. The minimum Gasteiger partial charge on any atom is -0.490 e. The van der Waals surface area contributed by atoms with Gasteiger partial charge < -0.3 is 19.7 Å². The Morgan fingerprint density at radius 2 is 1.90 bits per heavy atom. The van der Waals surface area contributed by atoms with E-state index < -0.39 is 10.0 Å². The largest absolute Gasteiger partial charge is 0.490 e. The summed E-state index contributed by atoms with van der Waals surface area (Å²) in [6.45, 7) is 4.44. The first kappa shape index (κ1) is 28.4. The smallest absolute Gasteiger partial charge is 0.257 e. The fourth-order valence-electron chi connectivity index (χ4n) is 5.77. The number of likely N-dealkylation sites (tertiary alicyclic amines) is 1. The zero-order valence-electron chi connectivity index (χ0n) is 23.0. The van der Waals surface area contributed by atoms with E-state index in [1.807, 2.05) is 18.2 Å². The van der Waals surface area contributed by atoms with Crippen LogP contribution in [0.2, 0.25) is 0 Å². The van der Waals surface area contributed by atoms with Crippen LogP contribution in [-0.2, 0) is 26.1 Å². The molecule has 0 aliphatic carbocycles. The van der Waals surface area contributed by atoms with Gasteiger partial charge in [-0.15, -0.1) is 0 Å². The molecule has 2 aromatic carbocycles. The van der Waals surface area contributed by atoms with E-state index in [2.05, 4.69) is 27.1 Å². The quantitative estimate of drug-likeness (QED) is 0.501. The molecule has 40 heavy (non-hydrogen) atoms. The molecule has 0 bridgehead atoms. The van der Waals surface area contributed by atoms with E-state index in [0.29, 0.717) is 29.8 Å². The van der Waals surface area contributed by atoms with Crippen LogP contribution in [0.4, 0.5) is 5.69 Å². The van der Waals surface area contributed by atoms with Crippen LogP contribution in [0, 0.1) is 0 Å². The second-order valence-electron chi connectivity index (χ2n) is 10.9. The van der Waals surface area contributed by atoms with Crippen molar-refractivity contribution in [1.29, 1.82) is 0 Å². The maximum atomic E-state index is 13.4. The number of amides is 2. The molecule has 0 spiro atoms. The Balaban J connectivity index is 1.16. The van der Waals surface area contributed by atoms with E-state index in [9.17, 15) is 18.0 Å². The molecule has 5 rings (SSSR count). The van der Waals surface area contributed by atoms with E-state index >= 15 is 0 Å². The molecule has 2 aromatic rings. The van der Waals surface area contributed by atoms with Gasteiger partial charge in [0.2, 0.25) is 15.9 Å². The number of nitrogens with one attached hydrogen (secondary N) is 2. The van der Waals surface area contributed by atoms with Crippen molar-refractivity contribution in [2.24, 2.45) is 0 Å². The molecular formula is C29H38N4O6S. The third-order valence-corrected chi connectivity index (χ3v) is 9.27. The summed E-state index contributed by atoms with van der Waals surface area (Å²) in [5.74, 6) is 0.0312. The number of hydrogen-bond donors (Lipinski definition) is 2. The molecular weight excluding hydrogens is 532 g/mol. The fraction of sp³-hybridized carbons (Fsp3) is 0.517. The maximum absolute atomic E-state index is 13.4. The first-order valence-corrected chi connectivity index (χ1v) is 15.6. The fourth-order valence-corrected chi connectivity index (χ4v) is 6.40. The van der Waals surface area contributed by atoms with Gasteiger partial charge in [-0.2, -0.15) is 0 Å². The van der Waals surface area contributed by atoms with E-state index in [1.54, 1.807) is 31.0 Å². The summed E-state index contributed by atoms with van der Waals surface area (Å²) in [6, 6.07) is 15.0. The average molecular weight is 571 g/mol. The number of anilines is 1. The Kier molecular flexibility index (Phi) is 8.62. The molecule has 2 N–H and O–H groups in total. The van der Waals surface area contributed by atoms with Gasteiger partial charge in [-0.3, -0.25) is 19.2 Å². The molecule has 0 saturated carbocycles. The molecule has 0 aromatic heterocycles. The monoisotopic (exact) mass is 570 g/mol. The third-order valence-electron chi connectivity index (χ3n) is 7.96. The molecule has 2 fully saturated rings. The van der Waals surface area contributed by atoms with Gasteiger partial charge in [-0.1, -0.05) is 30.3 Å². The van der Waals surface area contributed by atoms with Crippen molar-refractivity contribution in [1.82, 2.24) is 15.1 Å². The zero-order valence-corrected chi connectivity index (χ0v) is 23.9. The molecule has 11 heteroatoms.